The molecule has 2 heterocycles. The molecule has 0 spiro atoms. The third-order valence-electron chi connectivity index (χ3n) is 7.13. The van der Waals surface area contributed by atoms with Crippen LogP contribution >= 0.6 is 0 Å². The minimum absolute atomic E-state index is 0.0304. The predicted octanol–water partition coefficient (Wildman–Crippen LogP) is 4.86. The Morgan fingerprint density at radius 1 is 1.14 bits per heavy atom. The molecular weight excluding hydrogens is 474 g/mol. The van der Waals surface area contributed by atoms with Crippen molar-refractivity contribution >= 4 is 33.6 Å². The molecule has 1 fully saturated rings. The smallest absolute Gasteiger partial charge is 0.307 e. The van der Waals surface area contributed by atoms with Crippen molar-refractivity contribution in [2.24, 2.45) is 11.8 Å². The molecule has 2 aromatic heterocycles. The number of carboxylic acid groups (broad SMARTS) is 1. The van der Waals surface area contributed by atoms with Crippen LogP contribution in [-0.2, 0) is 11.3 Å². The molecule has 1 aliphatic carbocycles. The van der Waals surface area contributed by atoms with Gasteiger partial charge in [0.05, 0.1) is 17.9 Å². The molecule has 1 unspecified atom stereocenters. The number of carbonyl (C=O) groups excluding carboxylic acids is 1. The Balaban J connectivity index is 1.22. The second-order valence-electron chi connectivity index (χ2n) is 9.68. The molecule has 0 aliphatic heterocycles. The first-order valence-corrected chi connectivity index (χ1v) is 12.7. The highest BCUT2D eigenvalue weighted by Gasteiger charge is 2.25. The molecule has 0 bridgehead atoms. The van der Waals surface area contributed by atoms with Crippen LogP contribution in [0.3, 0.4) is 0 Å². The Morgan fingerprint density at radius 3 is 2.76 bits per heavy atom. The van der Waals surface area contributed by atoms with Crippen LogP contribution in [0.15, 0.2) is 57.7 Å². The minimum atomic E-state index is -1.12. The molecule has 0 saturated heterocycles. The molecule has 1 N–H and O–H groups in total. The lowest BCUT2D eigenvalue weighted by Gasteiger charge is -2.11. The summed E-state index contributed by atoms with van der Waals surface area (Å²) in [5.74, 6) is -0.970. The number of furan rings is 1. The van der Waals surface area contributed by atoms with Gasteiger partial charge in [-0.15, -0.1) is 5.10 Å². The van der Waals surface area contributed by atoms with Gasteiger partial charge in [-0.2, -0.15) is 0 Å². The second-order valence-corrected chi connectivity index (χ2v) is 9.68. The highest BCUT2D eigenvalue weighted by atomic mass is 16.5. The maximum absolute atomic E-state index is 12.9. The molecule has 5 rings (SSSR count). The highest BCUT2D eigenvalue weighted by Crippen LogP contribution is 2.29. The summed E-state index contributed by atoms with van der Waals surface area (Å²) in [5.41, 5.74) is 0.664. The number of benzene rings is 2. The lowest BCUT2D eigenvalue weighted by Crippen LogP contribution is -2.27. The molecule has 1 atom stereocenters. The Labute approximate surface area is 213 Å². The lowest BCUT2D eigenvalue weighted by molar-refractivity contribution is -0.142. The maximum atomic E-state index is 12.9. The van der Waals surface area contributed by atoms with Gasteiger partial charge in [-0.1, -0.05) is 43.0 Å². The van der Waals surface area contributed by atoms with E-state index >= 15 is 0 Å². The SMILES string of the molecule is O=C(CC(CCn1nnc2ccccc2c1=O)C(=O)O)c1cc2cc(OCCC3CCCC3)ccc2o1. The van der Waals surface area contributed by atoms with Gasteiger partial charge in [-0.05, 0) is 55.2 Å². The molecular formula is C28H29N3O6. The van der Waals surface area contributed by atoms with Gasteiger partial charge in [-0.25, -0.2) is 4.68 Å². The molecule has 4 aromatic rings. The van der Waals surface area contributed by atoms with E-state index in [1.54, 1.807) is 36.4 Å². The monoisotopic (exact) mass is 503 g/mol. The van der Waals surface area contributed by atoms with Crippen LogP contribution in [0.25, 0.3) is 21.9 Å². The van der Waals surface area contributed by atoms with Crippen molar-refractivity contribution in [1.82, 2.24) is 15.0 Å². The standard InChI is InChI=1S/C28H29N3O6/c32-24(16-19(28(34)35)11-13-31-27(33)22-7-3-4-8-23(22)29-30-31)26-17-20-15-21(9-10-25(20)37-26)36-14-12-18-5-1-2-6-18/h3-4,7-10,15,17-19H,1-2,5-6,11-14,16H2,(H,34,35). The Morgan fingerprint density at radius 2 is 1.95 bits per heavy atom. The van der Waals surface area contributed by atoms with E-state index in [2.05, 4.69) is 10.3 Å². The average Bonchev–Trinajstić information content (AvgIpc) is 3.57. The van der Waals surface area contributed by atoms with Crippen LogP contribution in [0.4, 0.5) is 0 Å². The number of rotatable bonds is 11. The fourth-order valence-corrected chi connectivity index (χ4v) is 4.98. The number of aliphatic carboxylic acids is 1. The summed E-state index contributed by atoms with van der Waals surface area (Å²) >= 11 is 0. The summed E-state index contributed by atoms with van der Waals surface area (Å²) in [7, 11) is 0. The third-order valence-corrected chi connectivity index (χ3v) is 7.13. The number of nitrogens with zero attached hydrogens (tertiary/aromatic N) is 3. The van der Waals surface area contributed by atoms with E-state index in [9.17, 15) is 19.5 Å². The molecule has 192 valence electrons. The van der Waals surface area contributed by atoms with Gasteiger partial charge in [0, 0.05) is 18.4 Å². The molecule has 9 heteroatoms. The number of ketones is 1. The first-order valence-electron chi connectivity index (χ1n) is 12.7. The van der Waals surface area contributed by atoms with E-state index in [4.69, 9.17) is 9.15 Å². The van der Waals surface area contributed by atoms with Crippen molar-refractivity contribution in [3.8, 4) is 5.75 Å². The predicted molar refractivity (Wildman–Crippen MR) is 137 cm³/mol. The van der Waals surface area contributed by atoms with Gasteiger partial charge < -0.3 is 14.3 Å². The number of ether oxygens (including phenoxy) is 1. The maximum Gasteiger partial charge on any atom is 0.307 e. The quantitative estimate of drug-likeness (QED) is 0.288. The Kier molecular flexibility index (Phi) is 7.30. The molecule has 0 amide bonds. The van der Waals surface area contributed by atoms with Crippen molar-refractivity contribution in [3.63, 3.8) is 0 Å². The fraction of sp³-hybridized carbons (Fsp3) is 0.393. The fourth-order valence-electron chi connectivity index (χ4n) is 4.98. The summed E-state index contributed by atoms with van der Waals surface area (Å²) < 4.78 is 12.8. The van der Waals surface area contributed by atoms with E-state index in [1.165, 1.54) is 25.7 Å². The van der Waals surface area contributed by atoms with E-state index in [-0.39, 0.29) is 30.7 Å². The summed E-state index contributed by atoms with van der Waals surface area (Å²) in [6.45, 7) is 0.688. The first-order chi connectivity index (χ1) is 18.0. The zero-order chi connectivity index (χ0) is 25.8. The topological polar surface area (TPSA) is 125 Å². The number of aryl methyl sites for hydroxylation is 1. The van der Waals surface area contributed by atoms with Gasteiger partial charge in [0.15, 0.2) is 11.5 Å². The van der Waals surface area contributed by atoms with Crippen molar-refractivity contribution in [1.29, 1.82) is 0 Å². The number of hydrogen-bond acceptors (Lipinski definition) is 7. The van der Waals surface area contributed by atoms with Crippen LogP contribution < -0.4 is 10.3 Å². The van der Waals surface area contributed by atoms with Crippen molar-refractivity contribution in [2.75, 3.05) is 6.61 Å². The van der Waals surface area contributed by atoms with Gasteiger partial charge in [0.25, 0.3) is 5.56 Å². The van der Waals surface area contributed by atoms with Crippen LogP contribution in [-0.4, -0.2) is 38.5 Å². The van der Waals surface area contributed by atoms with Crippen LogP contribution in [0.1, 0.15) is 55.5 Å². The van der Waals surface area contributed by atoms with Gasteiger partial charge >= 0.3 is 5.97 Å². The number of fused-ring (bicyclic) bond motifs is 2. The normalized spacial score (nSPS) is 14.8. The zero-order valence-corrected chi connectivity index (χ0v) is 20.5. The van der Waals surface area contributed by atoms with Gasteiger partial charge in [0.2, 0.25) is 0 Å². The minimum Gasteiger partial charge on any atom is -0.494 e. The summed E-state index contributed by atoms with van der Waals surface area (Å²) in [6.07, 6.45) is 6.00. The number of carboxylic acids is 1. The third kappa shape index (κ3) is 5.71. The lowest BCUT2D eigenvalue weighted by atomic mass is 9.98. The largest absolute Gasteiger partial charge is 0.494 e. The summed E-state index contributed by atoms with van der Waals surface area (Å²) in [6, 6.07) is 13.9. The Hall–Kier alpha value is -4.01. The van der Waals surface area contributed by atoms with Gasteiger partial charge in [-0.3, -0.25) is 14.4 Å². The first kappa shape index (κ1) is 24.7. The zero-order valence-electron chi connectivity index (χ0n) is 20.5. The van der Waals surface area contributed by atoms with E-state index in [1.807, 2.05) is 12.1 Å². The molecule has 1 aliphatic rings. The Bertz CT molecular complexity index is 1480. The number of carbonyl (C=O) groups is 2. The highest BCUT2D eigenvalue weighted by molar-refractivity contribution is 5.99. The van der Waals surface area contributed by atoms with Crippen molar-refractivity contribution < 1.29 is 23.8 Å². The molecule has 0 radical (unpaired) electrons. The second kappa shape index (κ2) is 10.9. The van der Waals surface area contributed by atoms with Crippen LogP contribution in [0, 0.1) is 11.8 Å². The van der Waals surface area contributed by atoms with Crippen molar-refractivity contribution in [3.05, 3.63) is 64.6 Å². The molecule has 2 aromatic carbocycles. The van der Waals surface area contributed by atoms with Gasteiger partial charge in [0.1, 0.15) is 16.8 Å². The average molecular weight is 504 g/mol. The molecule has 9 nitrogen and oxygen atoms in total. The van der Waals surface area contributed by atoms with Crippen LogP contribution in [0.5, 0.6) is 5.75 Å². The molecule has 1 saturated carbocycles. The van der Waals surface area contributed by atoms with E-state index in [0.717, 1.165) is 28.2 Å². The number of Topliss-reactive ketones (excluding diaryl/α,β-unsaturated/α-hetero) is 1. The van der Waals surface area contributed by atoms with Crippen molar-refractivity contribution in [2.45, 2.75) is 51.5 Å². The molecule has 37 heavy (non-hydrogen) atoms. The van der Waals surface area contributed by atoms with Crippen LogP contribution in [0.2, 0.25) is 0 Å². The van der Waals surface area contributed by atoms with E-state index < -0.39 is 17.7 Å². The summed E-state index contributed by atoms with van der Waals surface area (Å²) in [4.78, 5) is 37.4. The van der Waals surface area contributed by atoms with E-state index in [0.29, 0.717) is 23.1 Å². The number of hydrogen-bond donors (Lipinski definition) is 1. The number of aromatic nitrogens is 3. The summed E-state index contributed by atoms with van der Waals surface area (Å²) in [5, 5.41) is 18.8.